The molecule has 1 heterocycles. The lowest BCUT2D eigenvalue weighted by molar-refractivity contribution is 0.419. The van der Waals surface area contributed by atoms with E-state index in [9.17, 15) is 0 Å². The highest BCUT2D eigenvalue weighted by atomic mass is 127. The van der Waals surface area contributed by atoms with Gasteiger partial charge in [0.25, 0.3) is 0 Å². The fourth-order valence-electron chi connectivity index (χ4n) is 2.15. The van der Waals surface area contributed by atoms with Gasteiger partial charge in [0.15, 0.2) is 4.77 Å². The quantitative estimate of drug-likeness (QED) is 0.529. The van der Waals surface area contributed by atoms with Crippen LogP contribution in [0.5, 0.6) is 5.75 Å². The molecule has 96 valence electrons. The van der Waals surface area contributed by atoms with Gasteiger partial charge < -0.3 is 9.72 Å². The normalized spacial score (nSPS) is 10.8. The van der Waals surface area contributed by atoms with Crippen LogP contribution in [-0.4, -0.2) is 16.7 Å². The average Bonchev–Trinajstić information content (AvgIpc) is 2.74. The van der Waals surface area contributed by atoms with Gasteiger partial charge in [-0.05, 0) is 65.1 Å². The lowest BCUT2D eigenvalue weighted by Crippen LogP contribution is -1.94. The SMILES string of the molecule is COc1cccc2c1[nH]c(=S)n2-c1cccc(I)c1. The van der Waals surface area contributed by atoms with Crippen LogP contribution in [0.1, 0.15) is 0 Å². The molecule has 19 heavy (non-hydrogen) atoms. The average molecular weight is 382 g/mol. The number of nitrogens with one attached hydrogen (secondary N) is 1. The third kappa shape index (κ3) is 2.17. The smallest absolute Gasteiger partial charge is 0.182 e. The second-order valence-electron chi connectivity index (χ2n) is 4.10. The van der Waals surface area contributed by atoms with Gasteiger partial charge in [-0.25, -0.2) is 0 Å². The second kappa shape index (κ2) is 4.97. The van der Waals surface area contributed by atoms with Crippen LogP contribution in [0.3, 0.4) is 0 Å². The van der Waals surface area contributed by atoms with Gasteiger partial charge in [-0.2, -0.15) is 0 Å². The molecule has 3 aromatic rings. The number of imidazole rings is 1. The largest absolute Gasteiger partial charge is 0.494 e. The van der Waals surface area contributed by atoms with Gasteiger partial charge in [0.1, 0.15) is 11.3 Å². The van der Waals surface area contributed by atoms with E-state index in [0.29, 0.717) is 4.77 Å². The number of fused-ring (bicyclic) bond motifs is 1. The Morgan fingerprint density at radius 3 is 2.74 bits per heavy atom. The number of nitrogens with zero attached hydrogens (tertiary/aromatic N) is 1. The van der Waals surface area contributed by atoms with Crippen molar-refractivity contribution in [2.24, 2.45) is 0 Å². The van der Waals surface area contributed by atoms with Gasteiger partial charge >= 0.3 is 0 Å². The summed E-state index contributed by atoms with van der Waals surface area (Å²) in [7, 11) is 1.66. The fourth-order valence-corrected chi connectivity index (χ4v) is 2.98. The number of aromatic amines is 1. The molecule has 0 aliphatic rings. The maximum Gasteiger partial charge on any atom is 0.182 e. The van der Waals surface area contributed by atoms with E-state index in [-0.39, 0.29) is 0 Å². The van der Waals surface area contributed by atoms with Gasteiger partial charge in [-0.3, -0.25) is 4.57 Å². The number of para-hydroxylation sites is 1. The van der Waals surface area contributed by atoms with E-state index in [1.807, 2.05) is 34.9 Å². The predicted octanol–water partition coefficient (Wildman–Crippen LogP) is 4.30. The van der Waals surface area contributed by atoms with Crippen molar-refractivity contribution in [1.82, 2.24) is 9.55 Å². The van der Waals surface area contributed by atoms with E-state index in [4.69, 9.17) is 17.0 Å². The summed E-state index contributed by atoms with van der Waals surface area (Å²) in [5.74, 6) is 0.799. The molecule has 0 aliphatic heterocycles. The number of benzene rings is 2. The summed E-state index contributed by atoms with van der Waals surface area (Å²) in [5.41, 5.74) is 3.00. The maximum atomic E-state index is 5.44. The number of hydrogen-bond acceptors (Lipinski definition) is 2. The number of halogens is 1. The number of aromatic nitrogens is 2. The second-order valence-corrected chi connectivity index (χ2v) is 5.73. The minimum atomic E-state index is 0.668. The van der Waals surface area contributed by atoms with Crippen LogP contribution in [0, 0.1) is 8.34 Å². The van der Waals surface area contributed by atoms with Gasteiger partial charge in [-0.1, -0.05) is 12.1 Å². The van der Waals surface area contributed by atoms with Crippen LogP contribution in [0.2, 0.25) is 0 Å². The van der Waals surface area contributed by atoms with Crippen molar-refractivity contribution in [3.05, 3.63) is 50.8 Å². The molecule has 3 nitrogen and oxygen atoms in total. The van der Waals surface area contributed by atoms with Crippen LogP contribution < -0.4 is 4.74 Å². The van der Waals surface area contributed by atoms with Crippen molar-refractivity contribution in [3.63, 3.8) is 0 Å². The van der Waals surface area contributed by atoms with Crippen LogP contribution in [0.25, 0.3) is 16.7 Å². The Morgan fingerprint density at radius 1 is 1.21 bits per heavy atom. The summed E-state index contributed by atoms with van der Waals surface area (Å²) in [5, 5.41) is 0. The number of rotatable bonds is 2. The first kappa shape index (κ1) is 12.7. The molecule has 0 saturated heterocycles. The van der Waals surface area contributed by atoms with Crippen molar-refractivity contribution in [2.75, 3.05) is 7.11 Å². The van der Waals surface area contributed by atoms with Crippen LogP contribution >= 0.6 is 34.8 Å². The summed E-state index contributed by atoms with van der Waals surface area (Å²) < 4.78 is 9.23. The molecule has 1 N–H and O–H groups in total. The first-order valence-electron chi connectivity index (χ1n) is 5.74. The van der Waals surface area contributed by atoms with E-state index in [2.05, 4.69) is 39.7 Å². The summed E-state index contributed by atoms with van der Waals surface area (Å²) in [6.07, 6.45) is 0. The van der Waals surface area contributed by atoms with Crippen molar-refractivity contribution in [1.29, 1.82) is 0 Å². The first-order chi connectivity index (χ1) is 9.20. The summed E-state index contributed by atoms with van der Waals surface area (Å²) in [4.78, 5) is 3.21. The number of hydrogen-bond donors (Lipinski definition) is 1. The van der Waals surface area contributed by atoms with E-state index in [1.54, 1.807) is 7.11 Å². The Labute approximate surface area is 129 Å². The molecular weight excluding hydrogens is 371 g/mol. The molecule has 0 fully saturated rings. The Hall–Kier alpha value is -1.34. The fraction of sp³-hybridized carbons (Fsp3) is 0.0714. The molecule has 0 atom stereocenters. The van der Waals surface area contributed by atoms with Gasteiger partial charge in [-0.15, -0.1) is 0 Å². The molecule has 0 radical (unpaired) electrons. The van der Waals surface area contributed by atoms with Crippen LogP contribution in [0.15, 0.2) is 42.5 Å². The molecule has 5 heteroatoms. The van der Waals surface area contributed by atoms with Gasteiger partial charge in [0, 0.05) is 9.26 Å². The van der Waals surface area contributed by atoms with E-state index < -0.39 is 0 Å². The monoisotopic (exact) mass is 382 g/mol. The van der Waals surface area contributed by atoms with Crippen molar-refractivity contribution < 1.29 is 4.74 Å². The third-order valence-electron chi connectivity index (χ3n) is 2.97. The maximum absolute atomic E-state index is 5.44. The lowest BCUT2D eigenvalue weighted by atomic mass is 10.2. The molecule has 3 rings (SSSR count). The minimum Gasteiger partial charge on any atom is -0.494 e. The van der Waals surface area contributed by atoms with Crippen molar-refractivity contribution >= 4 is 45.8 Å². The van der Waals surface area contributed by atoms with E-state index in [0.717, 1.165) is 22.5 Å². The molecule has 2 aromatic carbocycles. The third-order valence-corrected chi connectivity index (χ3v) is 3.92. The number of H-pyrrole nitrogens is 1. The van der Waals surface area contributed by atoms with Crippen molar-refractivity contribution in [2.45, 2.75) is 0 Å². The zero-order chi connectivity index (χ0) is 13.4. The lowest BCUT2D eigenvalue weighted by Gasteiger charge is -2.06. The summed E-state index contributed by atoms with van der Waals surface area (Å²) >= 11 is 7.73. The van der Waals surface area contributed by atoms with E-state index in [1.165, 1.54) is 3.57 Å². The Bertz CT molecular complexity index is 807. The Morgan fingerprint density at radius 2 is 2.00 bits per heavy atom. The van der Waals surface area contributed by atoms with Crippen LogP contribution in [0.4, 0.5) is 0 Å². The van der Waals surface area contributed by atoms with Crippen molar-refractivity contribution in [3.8, 4) is 11.4 Å². The minimum absolute atomic E-state index is 0.668. The molecule has 0 aliphatic carbocycles. The first-order valence-corrected chi connectivity index (χ1v) is 7.23. The zero-order valence-corrected chi connectivity index (χ0v) is 13.2. The highest BCUT2D eigenvalue weighted by molar-refractivity contribution is 14.1. The zero-order valence-electron chi connectivity index (χ0n) is 10.2. The molecule has 0 bridgehead atoms. The van der Waals surface area contributed by atoms with E-state index >= 15 is 0 Å². The Balaban J connectivity index is 2.36. The predicted molar refractivity (Wildman–Crippen MR) is 87.7 cm³/mol. The molecule has 0 saturated carbocycles. The molecular formula is C14H11IN2OS. The van der Waals surface area contributed by atoms with Crippen LogP contribution in [-0.2, 0) is 0 Å². The highest BCUT2D eigenvalue weighted by Gasteiger charge is 2.10. The molecule has 0 spiro atoms. The topological polar surface area (TPSA) is 29.9 Å². The summed E-state index contributed by atoms with van der Waals surface area (Å²) in [6.45, 7) is 0. The summed E-state index contributed by atoms with van der Waals surface area (Å²) in [6, 6.07) is 14.2. The molecule has 0 amide bonds. The van der Waals surface area contributed by atoms with Gasteiger partial charge in [0.05, 0.1) is 12.6 Å². The van der Waals surface area contributed by atoms with Gasteiger partial charge in [0.2, 0.25) is 0 Å². The highest BCUT2D eigenvalue weighted by Crippen LogP contribution is 2.27. The standard InChI is InChI=1S/C14H11IN2OS/c1-18-12-7-3-6-11-13(12)16-14(19)17(11)10-5-2-4-9(15)8-10/h2-8H,1H3,(H,16,19). The Kier molecular flexibility index (Phi) is 3.32. The number of ether oxygens (including phenoxy) is 1. The molecule has 1 aromatic heterocycles. The number of methoxy groups -OCH3 is 1. The molecule has 0 unspecified atom stereocenters.